The van der Waals surface area contributed by atoms with Crippen LogP contribution in [0.15, 0.2) is 23.2 Å². The van der Waals surface area contributed by atoms with E-state index in [0.717, 1.165) is 11.1 Å². The van der Waals surface area contributed by atoms with Gasteiger partial charge in [-0.15, -0.1) is 3.89 Å². The first-order chi connectivity index (χ1) is 14.9. The molecule has 180 valence electrons. The number of halogens is 3. The van der Waals surface area contributed by atoms with Crippen LogP contribution in [-0.2, 0) is 14.4 Å². The first kappa shape index (κ1) is 28.1. The van der Waals surface area contributed by atoms with Crippen molar-refractivity contribution in [3.8, 4) is 0 Å². The molecule has 0 bridgehead atoms. The summed E-state index contributed by atoms with van der Waals surface area (Å²) in [6.07, 6.45) is -0.323. The Morgan fingerprint density at radius 1 is 1.28 bits per heavy atom. The summed E-state index contributed by atoms with van der Waals surface area (Å²) in [5.74, 6) is -2.10. The third kappa shape index (κ3) is 7.89. The topological polar surface area (TPSA) is 71.4 Å². The fourth-order valence-corrected chi connectivity index (χ4v) is 3.94. The normalized spacial score (nSPS) is 20.4. The van der Waals surface area contributed by atoms with Gasteiger partial charge in [0.1, 0.15) is 5.60 Å². The molecule has 12 heteroatoms. The average molecular weight is 496 g/mol. The summed E-state index contributed by atoms with van der Waals surface area (Å²) in [5.41, 5.74) is -0.729. The fourth-order valence-electron chi connectivity index (χ4n) is 2.48. The number of thioether (sulfide) groups is 1. The summed E-state index contributed by atoms with van der Waals surface area (Å²) in [6, 6.07) is 3.13. The van der Waals surface area contributed by atoms with Gasteiger partial charge in [0.15, 0.2) is 29.1 Å². The van der Waals surface area contributed by atoms with Crippen molar-refractivity contribution in [2.75, 3.05) is 14.2 Å². The van der Waals surface area contributed by atoms with Crippen LogP contribution in [0.2, 0.25) is 0 Å². The summed E-state index contributed by atoms with van der Waals surface area (Å²) in [7, 11) is 2.95. The highest BCUT2D eigenvalue weighted by Crippen LogP contribution is 2.42. The van der Waals surface area contributed by atoms with Gasteiger partial charge in [-0.05, 0) is 32.8 Å². The number of carbonyl (C=O) groups is 2. The lowest BCUT2D eigenvalue weighted by Crippen LogP contribution is -2.38. The highest BCUT2D eigenvalue weighted by atomic mass is 32.2. The van der Waals surface area contributed by atoms with Gasteiger partial charge in [-0.2, -0.15) is 4.31 Å². The largest absolute Gasteiger partial charge is 0.443 e. The van der Waals surface area contributed by atoms with E-state index in [2.05, 4.69) is 9.83 Å². The minimum atomic E-state index is -0.983. The number of hydrogen-bond donors (Lipinski definition) is 0. The van der Waals surface area contributed by atoms with Crippen molar-refractivity contribution in [3.05, 3.63) is 35.4 Å². The lowest BCUT2D eigenvalue weighted by molar-refractivity contribution is -0.153. The standard InChI is InChI=1S/C17H21F3N2O2S2.C3H7NO2/c1-9-10(2)25-15(22(26-20)16(23)24-17(3,4)5)21-14(9)11-7-6-8-12(18)13(11)19;1-4(3-5)6-2/h6-10,14H,1-5H3;3H,1-2H3/t9-,10?,14?;/m1./s1. The molecular weight excluding hydrogens is 467 g/mol. The zero-order valence-corrected chi connectivity index (χ0v) is 20.6. The molecule has 0 saturated heterocycles. The maximum absolute atomic E-state index is 14.2. The number of benzene rings is 1. The minimum absolute atomic E-state index is 0.0611. The zero-order valence-electron chi connectivity index (χ0n) is 19.0. The van der Waals surface area contributed by atoms with Crippen LogP contribution in [0, 0.1) is 17.6 Å². The molecule has 32 heavy (non-hydrogen) atoms. The molecule has 0 N–H and O–H groups in total. The second-order valence-corrected chi connectivity index (χ2v) is 9.71. The van der Waals surface area contributed by atoms with Crippen LogP contribution in [0.3, 0.4) is 0 Å². The van der Waals surface area contributed by atoms with E-state index in [-0.39, 0.29) is 34.2 Å². The Bertz CT molecular complexity index is 824. The molecule has 1 aliphatic rings. The van der Waals surface area contributed by atoms with E-state index in [1.165, 1.54) is 38.1 Å². The highest BCUT2D eigenvalue weighted by Gasteiger charge is 2.37. The van der Waals surface area contributed by atoms with Crippen molar-refractivity contribution in [1.82, 2.24) is 9.37 Å². The van der Waals surface area contributed by atoms with E-state index in [1.807, 2.05) is 13.8 Å². The smallest absolute Gasteiger partial charge is 0.428 e. The molecule has 0 aliphatic carbocycles. The summed E-state index contributed by atoms with van der Waals surface area (Å²) in [4.78, 5) is 30.5. The van der Waals surface area contributed by atoms with Crippen LogP contribution in [0.4, 0.5) is 17.5 Å². The van der Waals surface area contributed by atoms with E-state index < -0.39 is 29.4 Å². The van der Waals surface area contributed by atoms with Gasteiger partial charge < -0.3 is 4.74 Å². The summed E-state index contributed by atoms with van der Waals surface area (Å²) < 4.78 is 47.2. The molecule has 2 amide bonds. The maximum atomic E-state index is 14.2. The van der Waals surface area contributed by atoms with E-state index in [4.69, 9.17) is 4.74 Å². The van der Waals surface area contributed by atoms with Gasteiger partial charge >= 0.3 is 6.09 Å². The molecule has 0 aromatic heterocycles. The molecule has 2 unspecified atom stereocenters. The first-order valence-corrected chi connectivity index (χ1v) is 11.1. The van der Waals surface area contributed by atoms with Gasteiger partial charge in [0.05, 0.1) is 13.2 Å². The SMILES string of the molecule is CC1SC(N(SF)C(=O)OC(C)(C)C)=NC(c2cccc(F)c2F)[C@@H]1C.CON(C)C=O. The molecule has 7 nitrogen and oxygen atoms in total. The van der Waals surface area contributed by atoms with E-state index >= 15 is 0 Å². The molecule has 2 rings (SSSR count). The van der Waals surface area contributed by atoms with Crippen LogP contribution < -0.4 is 0 Å². The molecule has 0 saturated carbocycles. The van der Waals surface area contributed by atoms with Crippen molar-refractivity contribution in [3.63, 3.8) is 0 Å². The van der Waals surface area contributed by atoms with Crippen molar-refractivity contribution >= 4 is 41.8 Å². The Balaban J connectivity index is 0.000000751. The van der Waals surface area contributed by atoms with Crippen LogP contribution in [0.1, 0.15) is 46.2 Å². The number of rotatable bonds is 4. The number of aliphatic imine (C=N–C) groups is 1. The van der Waals surface area contributed by atoms with E-state index in [9.17, 15) is 22.3 Å². The second kappa shape index (κ2) is 12.4. The molecule has 1 aromatic rings. The zero-order chi connectivity index (χ0) is 24.6. The minimum Gasteiger partial charge on any atom is -0.443 e. The average Bonchev–Trinajstić information content (AvgIpc) is 2.71. The molecule has 3 atom stereocenters. The van der Waals surface area contributed by atoms with Crippen LogP contribution >= 0.6 is 24.1 Å². The molecule has 1 aliphatic heterocycles. The third-order valence-corrected chi connectivity index (χ3v) is 6.19. The van der Waals surface area contributed by atoms with Crippen LogP contribution in [-0.4, -0.2) is 52.0 Å². The van der Waals surface area contributed by atoms with Crippen molar-refractivity contribution in [2.45, 2.75) is 51.5 Å². The number of carbonyl (C=O) groups excluding carboxylic acids is 2. The monoisotopic (exact) mass is 495 g/mol. The predicted octanol–water partition coefficient (Wildman–Crippen LogP) is 5.54. The van der Waals surface area contributed by atoms with Gasteiger partial charge in [-0.1, -0.05) is 37.7 Å². The molecule has 0 fully saturated rings. The van der Waals surface area contributed by atoms with E-state index in [1.54, 1.807) is 20.8 Å². The van der Waals surface area contributed by atoms with Gasteiger partial charge in [-0.25, -0.2) is 18.6 Å². The summed E-state index contributed by atoms with van der Waals surface area (Å²) in [5, 5.41) is 1.03. The van der Waals surface area contributed by atoms with Crippen LogP contribution in [0.5, 0.6) is 0 Å². The van der Waals surface area contributed by atoms with Crippen LogP contribution in [0.25, 0.3) is 0 Å². The third-order valence-electron chi connectivity index (χ3n) is 4.32. The number of amides is 2. The highest BCUT2D eigenvalue weighted by molar-refractivity contribution is 8.15. The Hall–Kier alpha value is -1.92. The lowest BCUT2D eigenvalue weighted by atomic mass is 9.92. The first-order valence-electron chi connectivity index (χ1n) is 9.58. The summed E-state index contributed by atoms with van der Waals surface area (Å²) in [6.45, 7) is 8.71. The number of hydrogen-bond acceptors (Lipinski definition) is 7. The molecule has 0 spiro atoms. The number of amidine groups is 1. The Morgan fingerprint density at radius 3 is 2.38 bits per heavy atom. The second-order valence-electron chi connectivity index (χ2n) is 7.86. The maximum Gasteiger partial charge on any atom is 0.428 e. The van der Waals surface area contributed by atoms with Crippen molar-refractivity contribution in [2.24, 2.45) is 10.9 Å². The molecular formula is C20H28F3N3O4S2. The van der Waals surface area contributed by atoms with Gasteiger partial charge in [0.25, 0.3) is 0 Å². The van der Waals surface area contributed by atoms with Gasteiger partial charge in [0.2, 0.25) is 6.41 Å². The van der Waals surface area contributed by atoms with Gasteiger partial charge in [0, 0.05) is 17.9 Å². The van der Waals surface area contributed by atoms with Crippen molar-refractivity contribution in [1.29, 1.82) is 0 Å². The van der Waals surface area contributed by atoms with E-state index in [0.29, 0.717) is 10.7 Å². The lowest BCUT2D eigenvalue weighted by Gasteiger charge is -2.34. The Morgan fingerprint density at radius 2 is 1.91 bits per heavy atom. The Kier molecular flexibility index (Phi) is 10.9. The Labute approximate surface area is 195 Å². The van der Waals surface area contributed by atoms with Gasteiger partial charge in [-0.3, -0.25) is 14.6 Å². The molecule has 1 heterocycles. The number of hydroxylamine groups is 2. The molecule has 0 radical (unpaired) electrons. The fraction of sp³-hybridized carbons (Fsp3) is 0.550. The summed E-state index contributed by atoms with van der Waals surface area (Å²) >= 11 is 0.860. The quantitative estimate of drug-likeness (QED) is 0.310. The van der Waals surface area contributed by atoms with Crippen molar-refractivity contribution < 1.29 is 31.8 Å². The number of nitrogens with zero attached hydrogens (tertiary/aromatic N) is 3. The molecule has 1 aromatic carbocycles. The predicted molar refractivity (Wildman–Crippen MR) is 120 cm³/mol. The number of ether oxygens (including phenoxy) is 1.